The molecular weight excluding hydrogens is 679 g/mol. The van der Waals surface area contributed by atoms with Gasteiger partial charge in [-0.3, -0.25) is 0 Å². The molecule has 0 bridgehead atoms. The Morgan fingerprint density at radius 1 is 0.286 bits per heavy atom. The number of nitrogens with zero attached hydrogens (tertiary/aromatic N) is 1. The van der Waals surface area contributed by atoms with Crippen molar-refractivity contribution in [1.29, 1.82) is 0 Å². The van der Waals surface area contributed by atoms with Crippen LogP contribution in [0.5, 0.6) is 0 Å². The topological polar surface area (TPSA) is 16.4 Å². The molecule has 9 aromatic carbocycles. The Kier molecular flexibility index (Phi) is 8.55. The third kappa shape index (κ3) is 6.24. The zero-order chi connectivity index (χ0) is 37.3. The Morgan fingerprint density at radius 3 is 1.29 bits per heavy atom. The van der Waals surface area contributed by atoms with Gasteiger partial charge in [0.2, 0.25) is 0 Å². The summed E-state index contributed by atoms with van der Waals surface area (Å²) >= 11 is 0. The van der Waals surface area contributed by atoms with Crippen LogP contribution in [-0.4, -0.2) is 0 Å². The lowest BCUT2D eigenvalue weighted by Crippen LogP contribution is -2.09. The highest BCUT2D eigenvalue weighted by molar-refractivity contribution is 5.97. The highest BCUT2D eigenvalue weighted by atomic mass is 16.3. The van der Waals surface area contributed by atoms with Crippen molar-refractivity contribution in [3.05, 3.63) is 224 Å². The van der Waals surface area contributed by atoms with E-state index in [1.165, 1.54) is 44.2 Å². The maximum atomic E-state index is 6.32. The van der Waals surface area contributed by atoms with Crippen LogP contribution in [0.25, 0.3) is 77.6 Å². The van der Waals surface area contributed by atoms with Gasteiger partial charge in [0.25, 0.3) is 0 Å². The summed E-state index contributed by atoms with van der Waals surface area (Å²) in [5.41, 5.74) is 14.7. The SMILES string of the molecule is c1ccc(-c2ccccc2-c2ccc(N(c3ccc(-c4ccccc4-c4cc5ccccc5o4)cc3)c3ccc(-c4cccc5ccccc45)cc3)cc2)cc1. The Bertz CT molecular complexity index is 2900. The van der Waals surface area contributed by atoms with Crippen LogP contribution in [0.3, 0.4) is 0 Å². The van der Waals surface area contributed by atoms with E-state index in [4.69, 9.17) is 4.42 Å². The second-order valence-corrected chi connectivity index (χ2v) is 14.1. The van der Waals surface area contributed by atoms with Crippen LogP contribution in [-0.2, 0) is 0 Å². The Morgan fingerprint density at radius 2 is 0.696 bits per heavy atom. The molecule has 56 heavy (non-hydrogen) atoms. The minimum atomic E-state index is 0.868. The van der Waals surface area contributed by atoms with Crippen molar-refractivity contribution >= 4 is 38.8 Å². The van der Waals surface area contributed by atoms with E-state index in [1.807, 2.05) is 18.2 Å². The summed E-state index contributed by atoms with van der Waals surface area (Å²) < 4.78 is 6.32. The third-order valence-corrected chi connectivity index (χ3v) is 10.7. The first-order chi connectivity index (χ1) is 27.8. The van der Waals surface area contributed by atoms with Crippen molar-refractivity contribution in [3.63, 3.8) is 0 Å². The molecule has 1 heterocycles. The molecule has 2 heteroatoms. The molecule has 0 saturated carbocycles. The molecule has 264 valence electrons. The number of anilines is 3. The average Bonchev–Trinajstić information content (AvgIpc) is 3.72. The van der Waals surface area contributed by atoms with E-state index in [2.05, 4.69) is 211 Å². The van der Waals surface area contributed by atoms with Gasteiger partial charge in [0.1, 0.15) is 11.3 Å². The van der Waals surface area contributed by atoms with Crippen molar-refractivity contribution in [2.45, 2.75) is 0 Å². The number of rotatable bonds is 8. The van der Waals surface area contributed by atoms with E-state index in [0.29, 0.717) is 0 Å². The number of furan rings is 1. The number of fused-ring (bicyclic) bond motifs is 2. The van der Waals surface area contributed by atoms with Gasteiger partial charge in [-0.05, 0) is 104 Å². The summed E-state index contributed by atoms with van der Waals surface area (Å²) in [6, 6.07) is 80.0. The van der Waals surface area contributed by atoms with Gasteiger partial charge in [-0.25, -0.2) is 0 Å². The minimum Gasteiger partial charge on any atom is -0.456 e. The van der Waals surface area contributed by atoms with E-state index in [9.17, 15) is 0 Å². The monoisotopic (exact) mass is 715 g/mol. The molecule has 0 aliphatic heterocycles. The molecule has 0 unspecified atom stereocenters. The van der Waals surface area contributed by atoms with Crippen molar-refractivity contribution in [3.8, 4) is 55.8 Å². The molecule has 2 nitrogen and oxygen atoms in total. The van der Waals surface area contributed by atoms with Crippen LogP contribution in [0.15, 0.2) is 229 Å². The minimum absolute atomic E-state index is 0.868. The second-order valence-electron chi connectivity index (χ2n) is 14.1. The van der Waals surface area contributed by atoms with Gasteiger partial charge in [-0.2, -0.15) is 0 Å². The summed E-state index contributed by atoms with van der Waals surface area (Å²) in [6.45, 7) is 0. The van der Waals surface area contributed by atoms with E-state index < -0.39 is 0 Å². The quantitative estimate of drug-likeness (QED) is 0.156. The molecular formula is C54H37NO. The smallest absolute Gasteiger partial charge is 0.136 e. The standard InChI is InChI=1S/C54H37NO/c1-2-13-38(14-3-1)47-19-7-8-20-49(47)40-25-31-44(32-26-40)55(45-33-27-41(28-34-45)50-23-12-17-39-15-4-6-18-48(39)50)46-35-29-42(30-36-46)51-21-9-10-22-52(51)54-37-43-16-5-11-24-53(43)56-54/h1-37H. The van der Waals surface area contributed by atoms with Gasteiger partial charge in [0.05, 0.1) is 0 Å². The molecule has 0 aliphatic carbocycles. The lowest BCUT2D eigenvalue weighted by Gasteiger charge is -2.26. The summed E-state index contributed by atoms with van der Waals surface area (Å²) in [6.07, 6.45) is 0. The molecule has 10 aromatic rings. The molecule has 1 aromatic heterocycles. The van der Waals surface area contributed by atoms with E-state index >= 15 is 0 Å². The third-order valence-electron chi connectivity index (χ3n) is 10.7. The van der Waals surface area contributed by atoms with Crippen LogP contribution in [0, 0.1) is 0 Å². The zero-order valence-corrected chi connectivity index (χ0v) is 30.7. The Hall–Kier alpha value is -7.42. The predicted molar refractivity (Wildman–Crippen MR) is 236 cm³/mol. The van der Waals surface area contributed by atoms with Gasteiger partial charge in [0.15, 0.2) is 0 Å². The van der Waals surface area contributed by atoms with E-state index in [1.54, 1.807) is 0 Å². The number of hydrogen-bond donors (Lipinski definition) is 0. The fraction of sp³-hybridized carbons (Fsp3) is 0. The Labute approximate surface area is 327 Å². The lowest BCUT2D eigenvalue weighted by atomic mass is 9.94. The highest BCUT2D eigenvalue weighted by Crippen LogP contribution is 2.41. The van der Waals surface area contributed by atoms with Crippen LogP contribution < -0.4 is 4.90 Å². The number of para-hydroxylation sites is 1. The van der Waals surface area contributed by atoms with Gasteiger partial charge >= 0.3 is 0 Å². The van der Waals surface area contributed by atoms with Crippen LogP contribution in [0.2, 0.25) is 0 Å². The first kappa shape index (κ1) is 33.2. The molecule has 0 aliphatic rings. The summed E-state index contributed by atoms with van der Waals surface area (Å²) in [4.78, 5) is 2.34. The summed E-state index contributed by atoms with van der Waals surface area (Å²) in [5.74, 6) is 0.868. The van der Waals surface area contributed by atoms with Gasteiger partial charge in [0, 0.05) is 28.0 Å². The normalized spacial score (nSPS) is 11.2. The second kappa shape index (κ2) is 14.4. The maximum absolute atomic E-state index is 6.32. The van der Waals surface area contributed by atoms with Crippen molar-refractivity contribution in [1.82, 2.24) is 0 Å². The summed E-state index contributed by atoms with van der Waals surface area (Å²) in [7, 11) is 0. The summed E-state index contributed by atoms with van der Waals surface area (Å²) in [5, 5.41) is 3.60. The fourth-order valence-corrected chi connectivity index (χ4v) is 7.96. The highest BCUT2D eigenvalue weighted by Gasteiger charge is 2.17. The molecule has 0 atom stereocenters. The van der Waals surface area contributed by atoms with Gasteiger partial charge < -0.3 is 9.32 Å². The molecule has 0 spiro atoms. The fourth-order valence-electron chi connectivity index (χ4n) is 7.96. The Balaban J connectivity index is 1.04. The van der Waals surface area contributed by atoms with Crippen LogP contribution in [0.4, 0.5) is 17.1 Å². The van der Waals surface area contributed by atoms with Gasteiger partial charge in [-0.1, -0.05) is 176 Å². The molecule has 0 fully saturated rings. The van der Waals surface area contributed by atoms with E-state index in [0.717, 1.165) is 50.5 Å². The van der Waals surface area contributed by atoms with Crippen LogP contribution >= 0.6 is 0 Å². The first-order valence-electron chi connectivity index (χ1n) is 19.1. The molecule has 0 saturated heterocycles. The van der Waals surface area contributed by atoms with E-state index in [-0.39, 0.29) is 0 Å². The first-order valence-corrected chi connectivity index (χ1v) is 19.1. The zero-order valence-electron chi connectivity index (χ0n) is 30.7. The van der Waals surface area contributed by atoms with Crippen molar-refractivity contribution < 1.29 is 4.42 Å². The number of benzene rings is 9. The predicted octanol–water partition coefficient (Wildman–Crippen LogP) is 15.4. The van der Waals surface area contributed by atoms with Crippen molar-refractivity contribution in [2.75, 3.05) is 4.90 Å². The van der Waals surface area contributed by atoms with Gasteiger partial charge in [-0.15, -0.1) is 0 Å². The van der Waals surface area contributed by atoms with Crippen LogP contribution in [0.1, 0.15) is 0 Å². The average molecular weight is 716 g/mol. The molecule has 0 radical (unpaired) electrons. The number of hydrogen-bond acceptors (Lipinski definition) is 2. The molecule has 0 N–H and O–H groups in total. The molecule has 10 rings (SSSR count). The molecule has 0 amide bonds. The maximum Gasteiger partial charge on any atom is 0.136 e. The van der Waals surface area contributed by atoms with Crippen molar-refractivity contribution in [2.24, 2.45) is 0 Å². The largest absolute Gasteiger partial charge is 0.456 e. The lowest BCUT2D eigenvalue weighted by molar-refractivity contribution is 0.632.